The molecule has 0 aliphatic heterocycles. The van der Waals surface area contributed by atoms with Crippen LogP contribution < -0.4 is 10.6 Å². The summed E-state index contributed by atoms with van der Waals surface area (Å²) in [7, 11) is 0. The first-order chi connectivity index (χ1) is 12.3. The molecule has 1 aromatic carbocycles. The number of hydrogen-bond donors (Lipinski definition) is 2. The van der Waals surface area contributed by atoms with Crippen molar-refractivity contribution in [3.63, 3.8) is 0 Å². The topological polar surface area (TPSA) is 59.0 Å². The maximum absolute atomic E-state index is 13.2. The predicted octanol–water partition coefficient (Wildman–Crippen LogP) is 3.91. The number of hydrogen-bond acceptors (Lipinski definition) is 2. The highest BCUT2D eigenvalue weighted by molar-refractivity contribution is 5.89. The van der Waals surface area contributed by atoms with Gasteiger partial charge in [0.2, 0.25) is 0 Å². The molecule has 1 aromatic heterocycles. The van der Waals surface area contributed by atoms with Gasteiger partial charge in [-0.25, -0.2) is 4.79 Å². The average molecular weight is 366 g/mol. The van der Waals surface area contributed by atoms with Crippen LogP contribution in [0.1, 0.15) is 35.4 Å². The number of halogens is 3. The average Bonchev–Trinajstić information content (AvgIpc) is 2.96. The minimum atomic E-state index is -4.44. The fourth-order valence-electron chi connectivity index (χ4n) is 3.17. The Morgan fingerprint density at radius 2 is 1.88 bits per heavy atom. The zero-order valence-corrected chi connectivity index (χ0v) is 14.5. The van der Waals surface area contributed by atoms with Crippen molar-refractivity contribution < 1.29 is 18.0 Å². The number of alkyl halides is 3. The van der Waals surface area contributed by atoms with Crippen molar-refractivity contribution in [2.24, 2.45) is 0 Å². The summed E-state index contributed by atoms with van der Waals surface area (Å²) in [5.74, 6) is 0. The molecule has 0 fully saturated rings. The van der Waals surface area contributed by atoms with Gasteiger partial charge in [-0.05, 0) is 44.7 Å². The summed E-state index contributed by atoms with van der Waals surface area (Å²) in [6.45, 7) is 2.35. The van der Waals surface area contributed by atoms with E-state index < -0.39 is 17.9 Å². The van der Waals surface area contributed by atoms with Crippen LogP contribution in [0.2, 0.25) is 0 Å². The lowest BCUT2D eigenvalue weighted by Crippen LogP contribution is -2.32. The number of aryl methyl sites for hydroxylation is 1. The summed E-state index contributed by atoms with van der Waals surface area (Å²) in [6.07, 6.45) is -1.83. The molecule has 1 aliphatic carbocycles. The number of carbonyl (C=O) groups is 1. The zero-order chi connectivity index (χ0) is 18.7. The normalized spacial score (nSPS) is 14.0. The van der Waals surface area contributed by atoms with E-state index in [1.807, 2.05) is 19.1 Å². The van der Waals surface area contributed by atoms with Crippen molar-refractivity contribution in [2.45, 2.75) is 45.3 Å². The van der Waals surface area contributed by atoms with Crippen LogP contribution in [0.5, 0.6) is 0 Å². The summed E-state index contributed by atoms with van der Waals surface area (Å²) < 4.78 is 40.9. The Morgan fingerprint density at radius 1 is 1.19 bits per heavy atom. The lowest BCUT2D eigenvalue weighted by atomic mass is 9.95. The molecule has 140 valence electrons. The van der Waals surface area contributed by atoms with Crippen molar-refractivity contribution in [3.8, 4) is 0 Å². The van der Waals surface area contributed by atoms with Gasteiger partial charge < -0.3 is 10.6 Å². The fraction of sp³-hybridized carbons (Fsp3) is 0.444. The van der Waals surface area contributed by atoms with Crippen LogP contribution in [0, 0.1) is 6.92 Å². The second-order valence-electron chi connectivity index (χ2n) is 6.45. The van der Waals surface area contributed by atoms with E-state index in [4.69, 9.17) is 0 Å². The number of nitrogens with one attached hydrogen (secondary N) is 2. The highest BCUT2D eigenvalue weighted by atomic mass is 19.4. The molecule has 8 heteroatoms. The molecule has 0 atom stereocenters. The number of anilines is 1. The Labute approximate surface area is 149 Å². The van der Waals surface area contributed by atoms with Crippen molar-refractivity contribution in [1.29, 1.82) is 0 Å². The molecule has 0 spiro atoms. The second kappa shape index (κ2) is 7.39. The van der Waals surface area contributed by atoms with Crippen LogP contribution in [-0.2, 0) is 25.6 Å². The highest BCUT2D eigenvalue weighted by Crippen LogP contribution is 2.35. The van der Waals surface area contributed by atoms with E-state index in [9.17, 15) is 18.0 Å². The molecule has 0 bridgehead atoms. The third-order valence-corrected chi connectivity index (χ3v) is 4.44. The first-order valence-corrected chi connectivity index (χ1v) is 8.62. The van der Waals surface area contributed by atoms with Gasteiger partial charge in [0, 0.05) is 23.5 Å². The molecule has 2 N–H and O–H groups in total. The number of benzene rings is 1. The molecule has 0 radical (unpaired) electrons. The van der Waals surface area contributed by atoms with Crippen LogP contribution in [0.3, 0.4) is 0 Å². The van der Waals surface area contributed by atoms with Gasteiger partial charge in [0.25, 0.3) is 0 Å². The Balaban J connectivity index is 1.60. The SMILES string of the molecule is Cc1ccc(NC(=O)NCCn2nc(C(F)(F)F)c3c2CCCC3)cc1. The maximum Gasteiger partial charge on any atom is 0.435 e. The van der Waals surface area contributed by atoms with Crippen LogP contribution in [0.25, 0.3) is 0 Å². The number of aromatic nitrogens is 2. The second-order valence-corrected chi connectivity index (χ2v) is 6.45. The molecule has 1 heterocycles. The van der Waals surface area contributed by atoms with Gasteiger partial charge >= 0.3 is 12.2 Å². The number of amides is 2. The van der Waals surface area contributed by atoms with Gasteiger partial charge in [0.05, 0.1) is 6.54 Å². The standard InChI is InChI=1S/C18H21F3N4O/c1-12-6-8-13(9-7-12)23-17(26)22-10-11-25-15-5-3-2-4-14(15)16(24-25)18(19,20)21/h6-9H,2-5,10-11H2,1H3,(H2,22,23,26). The summed E-state index contributed by atoms with van der Waals surface area (Å²) >= 11 is 0. The van der Waals surface area contributed by atoms with Crippen molar-refractivity contribution >= 4 is 11.7 Å². The monoisotopic (exact) mass is 366 g/mol. The van der Waals surface area contributed by atoms with Crippen LogP contribution in [-0.4, -0.2) is 22.4 Å². The Morgan fingerprint density at radius 3 is 2.58 bits per heavy atom. The molecule has 2 amide bonds. The van der Waals surface area contributed by atoms with Gasteiger partial charge in [-0.15, -0.1) is 0 Å². The van der Waals surface area contributed by atoms with Gasteiger partial charge in [-0.2, -0.15) is 18.3 Å². The van der Waals surface area contributed by atoms with Crippen molar-refractivity contribution in [1.82, 2.24) is 15.1 Å². The molecular weight excluding hydrogens is 345 g/mol. The van der Waals surface area contributed by atoms with E-state index >= 15 is 0 Å². The number of fused-ring (bicyclic) bond motifs is 1. The first-order valence-electron chi connectivity index (χ1n) is 8.62. The molecule has 0 unspecified atom stereocenters. The van der Waals surface area contributed by atoms with Gasteiger partial charge in [0.1, 0.15) is 0 Å². The predicted molar refractivity (Wildman–Crippen MR) is 92.1 cm³/mol. The summed E-state index contributed by atoms with van der Waals surface area (Å²) in [6, 6.07) is 6.93. The van der Waals surface area contributed by atoms with Gasteiger partial charge in [-0.3, -0.25) is 4.68 Å². The minimum absolute atomic E-state index is 0.198. The van der Waals surface area contributed by atoms with Crippen LogP contribution in [0.4, 0.5) is 23.7 Å². The number of urea groups is 1. The number of nitrogens with zero attached hydrogens (tertiary/aromatic N) is 2. The molecule has 2 aromatic rings. The van der Waals surface area contributed by atoms with Crippen LogP contribution >= 0.6 is 0 Å². The van der Waals surface area contributed by atoms with E-state index in [-0.39, 0.29) is 13.1 Å². The first kappa shape index (κ1) is 18.3. The number of rotatable bonds is 4. The highest BCUT2D eigenvalue weighted by Gasteiger charge is 2.39. The van der Waals surface area contributed by atoms with E-state index in [1.54, 1.807) is 12.1 Å². The minimum Gasteiger partial charge on any atom is -0.336 e. The molecule has 0 saturated heterocycles. The smallest absolute Gasteiger partial charge is 0.336 e. The van der Waals surface area contributed by atoms with Crippen molar-refractivity contribution in [3.05, 3.63) is 46.8 Å². The lowest BCUT2D eigenvalue weighted by molar-refractivity contribution is -0.142. The van der Waals surface area contributed by atoms with E-state index in [1.165, 1.54) is 4.68 Å². The Kier molecular flexibility index (Phi) is 5.20. The van der Waals surface area contributed by atoms with Gasteiger partial charge in [-0.1, -0.05) is 17.7 Å². The molecule has 5 nitrogen and oxygen atoms in total. The third-order valence-electron chi connectivity index (χ3n) is 4.44. The molecular formula is C18H21F3N4O. The largest absolute Gasteiger partial charge is 0.435 e. The zero-order valence-electron chi connectivity index (χ0n) is 14.5. The van der Waals surface area contributed by atoms with E-state index in [0.717, 1.165) is 18.4 Å². The molecule has 0 saturated carbocycles. The third kappa shape index (κ3) is 4.17. The summed E-state index contributed by atoms with van der Waals surface area (Å²) in [4.78, 5) is 11.9. The Hall–Kier alpha value is -2.51. The quantitative estimate of drug-likeness (QED) is 0.862. The Bertz CT molecular complexity index is 781. The number of carbonyl (C=O) groups excluding carboxylic acids is 1. The van der Waals surface area contributed by atoms with E-state index in [2.05, 4.69) is 15.7 Å². The molecule has 3 rings (SSSR count). The summed E-state index contributed by atoms with van der Waals surface area (Å²) in [5.41, 5.74) is 1.91. The molecule has 26 heavy (non-hydrogen) atoms. The molecule has 1 aliphatic rings. The fourth-order valence-corrected chi connectivity index (χ4v) is 3.17. The van der Waals surface area contributed by atoms with Crippen molar-refractivity contribution in [2.75, 3.05) is 11.9 Å². The van der Waals surface area contributed by atoms with Gasteiger partial charge in [0.15, 0.2) is 5.69 Å². The van der Waals surface area contributed by atoms with E-state index in [0.29, 0.717) is 29.8 Å². The maximum atomic E-state index is 13.2. The summed E-state index contributed by atoms with van der Waals surface area (Å²) in [5, 5.41) is 9.12. The lowest BCUT2D eigenvalue weighted by Gasteiger charge is -2.15. The van der Waals surface area contributed by atoms with Crippen LogP contribution in [0.15, 0.2) is 24.3 Å².